The number of hydrogen-bond donors (Lipinski definition) is 1. The monoisotopic (exact) mass is 179 g/mol. The van der Waals surface area contributed by atoms with Gasteiger partial charge in [0.2, 0.25) is 0 Å². The molecule has 0 amide bonds. The van der Waals surface area contributed by atoms with Crippen LogP contribution >= 0.6 is 11.8 Å². The van der Waals surface area contributed by atoms with Crippen molar-refractivity contribution in [2.45, 2.75) is 10.1 Å². The summed E-state index contributed by atoms with van der Waals surface area (Å²) in [6.45, 7) is 0.155. The van der Waals surface area contributed by atoms with Gasteiger partial charge >= 0.3 is 0 Å². The molecule has 3 heteroatoms. The van der Waals surface area contributed by atoms with Gasteiger partial charge in [0, 0.05) is 11.1 Å². The number of aliphatic imine (C=N–C) groups is 1. The van der Waals surface area contributed by atoms with Crippen LogP contribution in [0.3, 0.4) is 0 Å². The zero-order chi connectivity index (χ0) is 8.39. The third kappa shape index (κ3) is 1.38. The standard InChI is InChI=1S/C9H9NOS/c11-6-7-5-10-8-3-1-2-4-9(8)12-7/h1-5,7,11H,6H2. The molecule has 0 spiro atoms. The Balaban J connectivity index is 2.33. The number of aliphatic hydroxyl groups excluding tert-OH is 1. The second-order valence-electron chi connectivity index (χ2n) is 2.58. The van der Waals surface area contributed by atoms with Crippen molar-refractivity contribution in [3.05, 3.63) is 24.3 Å². The third-order valence-electron chi connectivity index (χ3n) is 1.70. The van der Waals surface area contributed by atoms with Crippen LogP contribution in [0.5, 0.6) is 0 Å². The molecule has 0 aromatic heterocycles. The van der Waals surface area contributed by atoms with Crippen LogP contribution in [0.15, 0.2) is 34.2 Å². The summed E-state index contributed by atoms with van der Waals surface area (Å²) in [6.07, 6.45) is 1.80. The van der Waals surface area contributed by atoms with Gasteiger partial charge in [-0.25, -0.2) is 0 Å². The third-order valence-corrected chi connectivity index (χ3v) is 2.88. The van der Waals surface area contributed by atoms with E-state index in [2.05, 4.69) is 4.99 Å². The molecular weight excluding hydrogens is 170 g/mol. The average Bonchev–Trinajstić information content (AvgIpc) is 2.17. The molecule has 0 radical (unpaired) electrons. The van der Waals surface area contributed by atoms with Crippen LogP contribution in [0.4, 0.5) is 5.69 Å². The largest absolute Gasteiger partial charge is 0.395 e. The maximum atomic E-state index is 8.90. The molecule has 0 bridgehead atoms. The molecule has 0 fully saturated rings. The Morgan fingerprint density at radius 2 is 2.25 bits per heavy atom. The Morgan fingerprint density at radius 3 is 3.08 bits per heavy atom. The molecule has 1 aliphatic rings. The molecule has 2 nitrogen and oxygen atoms in total. The minimum atomic E-state index is 0.125. The first-order chi connectivity index (χ1) is 5.90. The first-order valence-electron chi connectivity index (χ1n) is 3.81. The number of benzene rings is 1. The highest BCUT2D eigenvalue weighted by Crippen LogP contribution is 2.34. The summed E-state index contributed by atoms with van der Waals surface area (Å²) in [5, 5.41) is 9.03. The molecule has 0 saturated carbocycles. The van der Waals surface area contributed by atoms with E-state index >= 15 is 0 Å². The summed E-state index contributed by atoms with van der Waals surface area (Å²) in [5.74, 6) is 0. The van der Waals surface area contributed by atoms with E-state index in [1.807, 2.05) is 24.3 Å². The summed E-state index contributed by atoms with van der Waals surface area (Å²) >= 11 is 1.66. The fourth-order valence-electron chi connectivity index (χ4n) is 1.10. The van der Waals surface area contributed by atoms with Crippen LogP contribution in [0, 0.1) is 0 Å². The molecule has 62 valence electrons. The minimum Gasteiger partial charge on any atom is -0.395 e. The van der Waals surface area contributed by atoms with Gasteiger partial charge in [0.15, 0.2) is 0 Å². The highest BCUT2D eigenvalue weighted by molar-refractivity contribution is 8.00. The van der Waals surface area contributed by atoms with Gasteiger partial charge in [0.25, 0.3) is 0 Å². The highest BCUT2D eigenvalue weighted by atomic mass is 32.2. The molecule has 1 aromatic carbocycles. The lowest BCUT2D eigenvalue weighted by atomic mass is 10.3. The highest BCUT2D eigenvalue weighted by Gasteiger charge is 2.13. The molecule has 1 atom stereocenters. The number of thioether (sulfide) groups is 1. The predicted octanol–water partition coefficient (Wildman–Crippen LogP) is 1.86. The van der Waals surface area contributed by atoms with E-state index in [9.17, 15) is 0 Å². The van der Waals surface area contributed by atoms with E-state index in [-0.39, 0.29) is 11.9 Å². The average molecular weight is 179 g/mol. The van der Waals surface area contributed by atoms with E-state index in [1.54, 1.807) is 18.0 Å². The van der Waals surface area contributed by atoms with Crippen LogP contribution in [0.25, 0.3) is 0 Å². The van der Waals surface area contributed by atoms with Crippen LogP contribution < -0.4 is 0 Å². The molecule has 1 heterocycles. The lowest BCUT2D eigenvalue weighted by molar-refractivity contribution is 0.312. The van der Waals surface area contributed by atoms with E-state index < -0.39 is 0 Å². The van der Waals surface area contributed by atoms with Crippen LogP contribution in [0.1, 0.15) is 0 Å². The number of hydrogen-bond acceptors (Lipinski definition) is 3. The number of nitrogens with zero attached hydrogens (tertiary/aromatic N) is 1. The Kier molecular flexibility index (Phi) is 2.15. The van der Waals surface area contributed by atoms with Gasteiger partial charge in [-0.05, 0) is 12.1 Å². The number of para-hydroxylation sites is 1. The SMILES string of the molecule is OCC1C=Nc2ccccc2S1. The van der Waals surface area contributed by atoms with Gasteiger partial charge in [-0.15, -0.1) is 11.8 Å². The Bertz CT molecular complexity index is 311. The van der Waals surface area contributed by atoms with E-state index in [0.29, 0.717) is 0 Å². The summed E-state index contributed by atoms with van der Waals surface area (Å²) in [4.78, 5) is 5.39. The molecule has 1 aromatic rings. The normalized spacial score (nSPS) is 20.6. The first kappa shape index (κ1) is 7.83. The van der Waals surface area contributed by atoms with E-state index in [1.165, 1.54) is 0 Å². The zero-order valence-electron chi connectivity index (χ0n) is 6.47. The molecular formula is C9H9NOS. The van der Waals surface area contributed by atoms with Gasteiger partial charge in [-0.3, -0.25) is 4.99 Å². The second kappa shape index (κ2) is 3.29. The summed E-state index contributed by atoms with van der Waals surface area (Å²) in [5.41, 5.74) is 1.01. The van der Waals surface area contributed by atoms with Crippen LogP contribution in [-0.2, 0) is 0 Å². The molecule has 0 saturated heterocycles. The van der Waals surface area contributed by atoms with Crippen molar-refractivity contribution < 1.29 is 5.11 Å². The maximum Gasteiger partial charge on any atom is 0.0762 e. The van der Waals surface area contributed by atoms with Gasteiger partial charge in [0.1, 0.15) is 0 Å². The maximum absolute atomic E-state index is 8.90. The van der Waals surface area contributed by atoms with E-state index in [4.69, 9.17) is 5.11 Å². The van der Waals surface area contributed by atoms with Crippen molar-refractivity contribution in [1.82, 2.24) is 0 Å². The molecule has 0 aliphatic carbocycles. The quantitative estimate of drug-likeness (QED) is 0.713. The summed E-state index contributed by atoms with van der Waals surface area (Å²) < 4.78 is 0. The van der Waals surface area contributed by atoms with Crippen molar-refractivity contribution in [1.29, 1.82) is 0 Å². The van der Waals surface area contributed by atoms with Gasteiger partial charge in [0.05, 0.1) is 17.5 Å². The fraction of sp³-hybridized carbons (Fsp3) is 0.222. The van der Waals surface area contributed by atoms with Gasteiger partial charge in [-0.2, -0.15) is 0 Å². The number of aliphatic hydroxyl groups is 1. The smallest absolute Gasteiger partial charge is 0.0762 e. The Labute approximate surface area is 75.3 Å². The topological polar surface area (TPSA) is 32.6 Å². The first-order valence-corrected chi connectivity index (χ1v) is 4.69. The lowest BCUT2D eigenvalue weighted by Crippen LogP contribution is -2.11. The van der Waals surface area contributed by atoms with E-state index in [0.717, 1.165) is 10.6 Å². The van der Waals surface area contributed by atoms with Crippen molar-refractivity contribution in [3.63, 3.8) is 0 Å². The Hall–Kier alpha value is -0.800. The predicted molar refractivity (Wildman–Crippen MR) is 51.3 cm³/mol. The summed E-state index contributed by atoms with van der Waals surface area (Å²) in [7, 11) is 0. The molecule has 1 aliphatic heterocycles. The van der Waals surface area contributed by atoms with Crippen molar-refractivity contribution in [2.24, 2.45) is 4.99 Å². The van der Waals surface area contributed by atoms with Gasteiger partial charge in [-0.1, -0.05) is 12.1 Å². The number of rotatable bonds is 1. The molecule has 12 heavy (non-hydrogen) atoms. The summed E-state index contributed by atoms with van der Waals surface area (Å²) in [6, 6.07) is 7.96. The van der Waals surface area contributed by atoms with Crippen molar-refractivity contribution >= 4 is 23.7 Å². The van der Waals surface area contributed by atoms with Crippen molar-refractivity contribution in [2.75, 3.05) is 6.61 Å². The fourth-order valence-corrected chi connectivity index (χ4v) is 2.03. The molecule has 1 unspecified atom stereocenters. The van der Waals surface area contributed by atoms with Crippen molar-refractivity contribution in [3.8, 4) is 0 Å². The minimum absolute atomic E-state index is 0.125. The van der Waals surface area contributed by atoms with Gasteiger partial charge < -0.3 is 5.11 Å². The zero-order valence-corrected chi connectivity index (χ0v) is 7.29. The lowest BCUT2D eigenvalue weighted by Gasteiger charge is -2.14. The molecule has 2 rings (SSSR count). The number of fused-ring (bicyclic) bond motifs is 1. The van der Waals surface area contributed by atoms with Crippen LogP contribution in [0.2, 0.25) is 0 Å². The Morgan fingerprint density at radius 1 is 1.42 bits per heavy atom. The second-order valence-corrected chi connectivity index (χ2v) is 3.87. The molecule has 1 N–H and O–H groups in total. The van der Waals surface area contributed by atoms with Crippen LogP contribution in [-0.4, -0.2) is 23.2 Å².